The summed E-state index contributed by atoms with van der Waals surface area (Å²) in [7, 11) is 0. The average Bonchev–Trinajstić information content (AvgIpc) is 2.80. The van der Waals surface area contributed by atoms with Crippen LogP contribution in [0.2, 0.25) is 5.02 Å². The Morgan fingerprint density at radius 2 is 1.88 bits per heavy atom. The summed E-state index contributed by atoms with van der Waals surface area (Å²) in [4.78, 5) is 26.1. The molecular formula is C17H11BrClNO3S. The molecule has 1 fully saturated rings. The zero-order valence-electron chi connectivity index (χ0n) is 12.2. The number of thioether (sulfide) groups is 1. The smallest absolute Gasteiger partial charge is 0.293 e. The molecule has 0 spiro atoms. The van der Waals surface area contributed by atoms with Crippen molar-refractivity contribution in [1.29, 1.82) is 0 Å². The van der Waals surface area contributed by atoms with Gasteiger partial charge in [-0.05, 0) is 53.7 Å². The van der Waals surface area contributed by atoms with E-state index in [2.05, 4.69) is 15.9 Å². The van der Waals surface area contributed by atoms with Gasteiger partial charge in [-0.1, -0.05) is 39.7 Å². The van der Waals surface area contributed by atoms with Gasteiger partial charge in [0.1, 0.15) is 5.75 Å². The molecule has 0 bridgehead atoms. The van der Waals surface area contributed by atoms with Crippen molar-refractivity contribution in [2.24, 2.45) is 0 Å². The van der Waals surface area contributed by atoms with Crippen molar-refractivity contribution in [2.45, 2.75) is 6.54 Å². The molecule has 0 aliphatic carbocycles. The molecular weight excluding hydrogens is 414 g/mol. The van der Waals surface area contributed by atoms with Gasteiger partial charge in [0.15, 0.2) is 0 Å². The summed E-state index contributed by atoms with van der Waals surface area (Å²) in [6, 6.07) is 11.9. The van der Waals surface area contributed by atoms with Crippen LogP contribution < -0.4 is 0 Å². The minimum absolute atomic E-state index is 0.000825. The van der Waals surface area contributed by atoms with Gasteiger partial charge in [-0.15, -0.1) is 0 Å². The van der Waals surface area contributed by atoms with E-state index in [1.165, 1.54) is 17.0 Å². The monoisotopic (exact) mass is 423 g/mol. The molecule has 7 heteroatoms. The van der Waals surface area contributed by atoms with Crippen molar-refractivity contribution in [3.05, 3.63) is 68.0 Å². The van der Waals surface area contributed by atoms with Gasteiger partial charge in [0.25, 0.3) is 11.1 Å². The van der Waals surface area contributed by atoms with E-state index in [4.69, 9.17) is 11.6 Å². The van der Waals surface area contributed by atoms with Crippen molar-refractivity contribution in [3.8, 4) is 5.75 Å². The van der Waals surface area contributed by atoms with E-state index in [1.807, 2.05) is 24.3 Å². The summed E-state index contributed by atoms with van der Waals surface area (Å²) >= 11 is 10.1. The Morgan fingerprint density at radius 1 is 1.17 bits per heavy atom. The van der Waals surface area contributed by atoms with E-state index < -0.39 is 0 Å². The van der Waals surface area contributed by atoms with Gasteiger partial charge in [0.2, 0.25) is 0 Å². The Kier molecular flexibility index (Phi) is 4.99. The highest BCUT2D eigenvalue weighted by molar-refractivity contribution is 9.10. The summed E-state index contributed by atoms with van der Waals surface area (Å²) in [5, 5.41) is 9.95. The van der Waals surface area contributed by atoms with Crippen molar-refractivity contribution in [2.75, 3.05) is 0 Å². The molecule has 2 amide bonds. The second-order valence-corrected chi connectivity index (χ2v) is 7.44. The molecule has 2 aromatic carbocycles. The molecule has 0 unspecified atom stereocenters. The van der Waals surface area contributed by atoms with Crippen LogP contribution in [0.5, 0.6) is 5.75 Å². The van der Waals surface area contributed by atoms with Crippen LogP contribution in [0.15, 0.2) is 51.8 Å². The Labute approximate surface area is 156 Å². The molecule has 0 aromatic heterocycles. The fourth-order valence-electron chi connectivity index (χ4n) is 2.19. The van der Waals surface area contributed by atoms with Crippen LogP contribution in [-0.2, 0) is 11.3 Å². The first-order valence-corrected chi connectivity index (χ1v) is 8.91. The lowest BCUT2D eigenvalue weighted by molar-refractivity contribution is -0.123. The number of aromatic hydroxyl groups is 1. The third-order valence-electron chi connectivity index (χ3n) is 3.40. The number of hydrogen-bond acceptors (Lipinski definition) is 4. The maximum absolute atomic E-state index is 12.5. The topological polar surface area (TPSA) is 57.6 Å². The quantitative estimate of drug-likeness (QED) is 0.701. The predicted molar refractivity (Wildman–Crippen MR) is 98.8 cm³/mol. The molecule has 0 radical (unpaired) electrons. The van der Waals surface area contributed by atoms with Crippen LogP contribution in [0.25, 0.3) is 6.08 Å². The highest BCUT2D eigenvalue weighted by Crippen LogP contribution is 2.35. The number of halogens is 2. The highest BCUT2D eigenvalue weighted by atomic mass is 79.9. The molecule has 1 aliphatic heterocycles. The molecule has 0 atom stereocenters. The number of amides is 2. The number of phenolic OH excluding ortho intramolecular Hbond substituents is 1. The third-order valence-corrected chi connectivity index (χ3v) is 5.07. The Balaban J connectivity index is 1.84. The summed E-state index contributed by atoms with van der Waals surface area (Å²) in [5.74, 6) is -0.383. The lowest BCUT2D eigenvalue weighted by atomic mass is 10.1. The van der Waals surface area contributed by atoms with Crippen molar-refractivity contribution >= 4 is 56.5 Å². The lowest BCUT2D eigenvalue weighted by Crippen LogP contribution is -2.27. The van der Waals surface area contributed by atoms with Crippen LogP contribution in [0, 0.1) is 0 Å². The highest BCUT2D eigenvalue weighted by Gasteiger charge is 2.35. The van der Waals surface area contributed by atoms with Gasteiger partial charge in [-0.25, -0.2) is 0 Å². The van der Waals surface area contributed by atoms with Crippen molar-refractivity contribution in [3.63, 3.8) is 0 Å². The predicted octanol–water partition coefficient (Wildman–Crippen LogP) is 5.04. The zero-order valence-corrected chi connectivity index (χ0v) is 15.4. The summed E-state index contributed by atoms with van der Waals surface area (Å²) < 4.78 is 0.928. The average molecular weight is 425 g/mol. The maximum atomic E-state index is 12.5. The Bertz CT molecular complexity index is 851. The van der Waals surface area contributed by atoms with E-state index >= 15 is 0 Å². The summed E-state index contributed by atoms with van der Waals surface area (Å²) in [6.45, 7) is 0.205. The van der Waals surface area contributed by atoms with E-state index in [1.54, 1.807) is 12.1 Å². The number of carbonyl (C=O) groups excluding carboxylic acids is 2. The number of carbonyl (C=O) groups is 2. The second kappa shape index (κ2) is 7.01. The van der Waals surface area contributed by atoms with E-state index in [0.29, 0.717) is 10.6 Å². The SMILES string of the molecule is O=C1S/C(=C\c2cc(Cl)ccc2O)C(=O)N1Cc1ccc(Br)cc1. The first-order valence-electron chi connectivity index (χ1n) is 6.92. The number of benzene rings is 2. The molecule has 4 nitrogen and oxygen atoms in total. The molecule has 0 saturated carbocycles. The molecule has 24 heavy (non-hydrogen) atoms. The van der Waals surface area contributed by atoms with E-state index in [-0.39, 0.29) is 28.3 Å². The summed E-state index contributed by atoms with van der Waals surface area (Å²) in [6.07, 6.45) is 1.48. The molecule has 1 aliphatic rings. The molecule has 122 valence electrons. The fraction of sp³-hybridized carbons (Fsp3) is 0.0588. The largest absolute Gasteiger partial charge is 0.507 e. The van der Waals surface area contributed by atoms with Gasteiger partial charge >= 0.3 is 0 Å². The lowest BCUT2D eigenvalue weighted by Gasteiger charge is -2.12. The van der Waals surface area contributed by atoms with Crippen LogP contribution in [-0.4, -0.2) is 21.2 Å². The van der Waals surface area contributed by atoms with Gasteiger partial charge < -0.3 is 5.11 Å². The Morgan fingerprint density at radius 3 is 2.58 bits per heavy atom. The number of hydrogen-bond donors (Lipinski definition) is 1. The number of imide groups is 1. The van der Waals surface area contributed by atoms with Crippen LogP contribution in [0.4, 0.5) is 4.79 Å². The zero-order chi connectivity index (χ0) is 17.3. The van der Waals surface area contributed by atoms with Crippen molar-refractivity contribution < 1.29 is 14.7 Å². The van der Waals surface area contributed by atoms with Crippen molar-refractivity contribution in [1.82, 2.24) is 4.90 Å². The van der Waals surface area contributed by atoms with Crippen LogP contribution in [0.1, 0.15) is 11.1 Å². The van der Waals surface area contributed by atoms with Gasteiger partial charge in [0, 0.05) is 15.1 Å². The first-order chi connectivity index (χ1) is 11.4. The normalized spacial score (nSPS) is 16.2. The Hall–Kier alpha value is -1.76. The van der Waals surface area contributed by atoms with E-state index in [0.717, 1.165) is 21.8 Å². The van der Waals surface area contributed by atoms with Gasteiger partial charge in [-0.3, -0.25) is 14.5 Å². The molecule has 1 saturated heterocycles. The fourth-order valence-corrected chi connectivity index (χ4v) is 3.46. The summed E-state index contributed by atoms with van der Waals surface area (Å²) in [5.41, 5.74) is 1.25. The van der Waals surface area contributed by atoms with Gasteiger partial charge in [0.05, 0.1) is 11.4 Å². The first kappa shape index (κ1) is 17.1. The van der Waals surface area contributed by atoms with Crippen LogP contribution >= 0.6 is 39.3 Å². The number of phenols is 1. The number of rotatable bonds is 3. The number of nitrogens with zero attached hydrogens (tertiary/aromatic N) is 1. The molecule has 2 aromatic rings. The standard InChI is InChI=1S/C17H11BrClNO3S/c18-12-3-1-10(2-4-12)9-20-16(22)15(24-17(20)23)8-11-7-13(19)5-6-14(11)21/h1-8,21H,9H2/b15-8-. The maximum Gasteiger partial charge on any atom is 0.293 e. The minimum Gasteiger partial charge on any atom is -0.507 e. The second-order valence-electron chi connectivity index (χ2n) is 5.10. The minimum atomic E-state index is -0.382. The molecule has 1 N–H and O–H groups in total. The molecule has 3 rings (SSSR count). The van der Waals surface area contributed by atoms with E-state index in [9.17, 15) is 14.7 Å². The van der Waals surface area contributed by atoms with Gasteiger partial charge in [-0.2, -0.15) is 0 Å². The van der Waals surface area contributed by atoms with Crippen LogP contribution in [0.3, 0.4) is 0 Å². The third kappa shape index (κ3) is 3.66. The molecule has 1 heterocycles.